The number of ether oxygens (including phenoxy) is 1. The van der Waals surface area contributed by atoms with E-state index in [0.29, 0.717) is 10.7 Å². The van der Waals surface area contributed by atoms with Crippen LogP contribution in [0.2, 0.25) is 5.15 Å². The third kappa shape index (κ3) is 1.61. The summed E-state index contributed by atoms with van der Waals surface area (Å²) >= 11 is 6.03. The Morgan fingerprint density at radius 2 is 2.38 bits per heavy atom. The van der Waals surface area contributed by atoms with Gasteiger partial charge in [-0.2, -0.15) is 14.6 Å². The first kappa shape index (κ1) is 10.8. The second-order valence-electron chi connectivity index (χ2n) is 3.07. The van der Waals surface area contributed by atoms with Gasteiger partial charge >= 0.3 is 5.97 Å². The molecular formula is C9H9ClN4O2. The summed E-state index contributed by atoms with van der Waals surface area (Å²) < 4.78 is 6.23. The number of rotatable bonds is 2. The molecule has 0 bridgehead atoms. The molecule has 2 aromatic rings. The second kappa shape index (κ2) is 4.05. The van der Waals surface area contributed by atoms with Crippen LogP contribution in [0.15, 0.2) is 6.33 Å². The predicted molar refractivity (Wildman–Crippen MR) is 56.5 cm³/mol. The van der Waals surface area contributed by atoms with Gasteiger partial charge in [0.25, 0.3) is 5.78 Å². The Morgan fingerprint density at radius 3 is 3.06 bits per heavy atom. The van der Waals surface area contributed by atoms with E-state index in [-0.39, 0.29) is 18.1 Å². The van der Waals surface area contributed by atoms with Crippen LogP contribution in [0.3, 0.4) is 0 Å². The molecule has 2 rings (SSSR count). The summed E-state index contributed by atoms with van der Waals surface area (Å²) in [5, 5.41) is 4.20. The van der Waals surface area contributed by atoms with E-state index in [9.17, 15) is 4.79 Å². The SMILES string of the molecule is CCOC(=O)c1nc2ncnn2c(Cl)c1C. The summed E-state index contributed by atoms with van der Waals surface area (Å²) in [5.74, 6) is -0.231. The molecule has 7 heteroatoms. The van der Waals surface area contributed by atoms with Crippen LogP contribution in [0.25, 0.3) is 5.78 Å². The Morgan fingerprint density at radius 1 is 1.62 bits per heavy atom. The van der Waals surface area contributed by atoms with Crippen LogP contribution in [0.4, 0.5) is 0 Å². The van der Waals surface area contributed by atoms with Gasteiger partial charge in [-0.3, -0.25) is 0 Å². The average molecular weight is 241 g/mol. The van der Waals surface area contributed by atoms with Crippen molar-refractivity contribution in [2.24, 2.45) is 0 Å². The Kier molecular flexibility index (Phi) is 2.74. The zero-order valence-corrected chi connectivity index (χ0v) is 9.52. The highest BCUT2D eigenvalue weighted by molar-refractivity contribution is 6.30. The minimum atomic E-state index is -0.507. The Labute approximate surface area is 96.2 Å². The normalized spacial score (nSPS) is 10.7. The third-order valence-electron chi connectivity index (χ3n) is 2.06. The number of nitrogens with zero attached hydrogens (tertiary/aromatic N) is 4. The van der Waals surface area contributed by atoms with E-state index >= 15 is 0 Å². The maximum Gasteiger partial charge on any atom is 0.357 e. The number of aromatic nitrogens is 4. The number of carbonyl (C=O) groups is 1. The molecule has 84 valence electrons. The van der Waals surface area contributed by atoms with E-state index in [4.69, 9.17) is 16.3 Å². The quantitative estimate of drug-likeness (QED) is 0.584. The average Bonchev–Trinajstić information content (AvgIpc) is 2.71. The number of fused-ring (bicyclic) bond motifs is 1. The molecule has 0 aliphatic carbocycles. The summed E-state index contributed by atoms with van der Waals surface area (Å²) in [7, 11) is 0. The smallest absolute Gasteiger partial charge is 0.357 e. The molecule has 0 aromatic carbocycles. The van der Waals surface area contributed by atoms with Gasteiger partial charge in [-0.05, 0) is 13.8 Å². The fourth-order valence-electron chi connectivity index (χ4n) is 1.29. The minimum absolute atomic E-state index is 0.173. The van der Waals surface area contributed by atoms with Crippen LogP contribution >= 0.6 is 11.6 Å². The summed E-state index contributed by atoms with van der Waals surface area (Å²) in [4.78, 5) is 19.5. The topological polar surface area (TPSA) is 69.4 Å². The highest BCUT2D eigenvalue weighted by Gasteiger charge is 2.18. The van der Waals surface area contributed by atoms with Crippen LogP contribution in [-0.2, 0) is 4.74 Å². The second-order valence-corrected chi connectivity index (χ2v) is 3.43. The van der Waals surface area contributed by atoms with Crippen molar-refractivity contribution in [1.82, 2.24) is 19.6 Å². The number of carbonyl (C=O) groups excluding carboxylic acids is 1. The van der Waals surface area contributed by atoms with Crippen LogP contribution in [0.1, 0.15) is 23.0 Å². The Hall–Kier alpha value is -1.69. The van der Waals surface area contributed by atoms with E-state index in [2.05, 4.69) is 15.1 Å². The fourth-order valence-corrected chi connectivity index (χ4v) is 1.50. The lowest BCUT2D eigenvalue weighted by atomic mass is 10.2. The maximum atomic E-state index is 11.6. The molecule has 16 heavy (non-hydrogen) atoms. The molecule has 2 heterocycles. The van der Waals surface area contributed by atoms with Gasteiger partial charge in [0.1, 0.15) is 11.5 Å². The first-order valence-electron chi connectivity index (χ1n) is 4.68. The van der Waals surface area contributed by atoms with Crippen molar-refractivity contribution in [2.45, 2.75) is 13.8 Å². The highest BCUT2D eigenvalue weighted by atomic mass is 35.5. The number of hydrogen-bond donors (Lipinski definition) is 0. The number of halogens is 1. The van der Waals surface area contributed by atoms with Gasteiger partial charge in [-0.1, -0.05) is 11.6 Å². The molecule has 6 nitrogen and oxygen atoms in total. The van der Waals surface area contributed by atoms with Crippen LogP contribution < -0.4 is 0 Å². The number of esters is 1. The predicted octanol–water partition coefficient (Wildman–Crippen LogP) is 1.26. The summed E-state index contributed by atoms with van der Waals surface area (Å²) in [6, 6.07) is 0. The Bertz CT molecular complexity index is 552. The van der Waals surface area contributed by atoms with Gasteiger partial charge in [-0.15, -0.1) is 0 Å². The largest absolute Gasteiger partial charge is 0.461 e. The third-order valence-corrected chi connectivity index (χ3v) is 2.50. The van der Waals surface area contributed by atoms with Gasteiger partial charge < -0.3 is 4.74 Å². The summed E-state index contributed by atoms with van der Waals surface area (Å²) in [6.07, 6.45) is 1.32. The van der Waals surface area contributed by atoms with Crippen molar-refractivity contribution in [3.63, 3.8) is 0 Å². The maximum absolute atomic E-state index is 11.6. The first-order chi connectivity index (χ1) is 7.65. The first-order valence-corrected chi connectivity index (χ1v) is 5.06. The molecule has 0 N–H and O–H groups in total. The Balaban J connectivity index is 2.61. The molecule has 0 spiro atoms. The van der Waals surface area contributed by atoms with Crippen molar-refractivity contribution in [1.29, 1.82) is 0 Å². The van der Waals surface area contributed by atoms with E-state index < -0.39 is 5.97 Å². The molecule has 0 aliphatic heterocycles. The van der Waals surface area contributed by atoms with Crippen molar-refractivity contribution in [3.05, 3.63) is 22.7 Å². The summed E-state index contributed by atoms with van der Waals surface area (Å²) in [6.45, 7) is 3.70. The fraction of sp³-hybridized carbons (Fsp3) is 0.333. The van der Waals surface area contributed by atoms with Gasteiger partial charge in [-0.25, -0.2) is 9.78 Å². The minimum Gasteiger partial charge on any atom is -0.461 e. The molecule has 0 radical (unpaired) electrons. The van der Waals surface area contributed by atoms with Crippen molar-refractivity contribution in [2.75, 3.05) is 6.61 Å². The summed E-state index contributed by atoms with van der Waals surface area (Å²) in [5.41, 5.74) is 0.700. The standard InChI is InChI=1S/C9H9ClN4O2/c1-3-16-8(15)6-5(2)7(10)14-9(13-6)11-4-12-14/h4H,3H2,1-2H3. The lowest BCUT2D eigenvalue weighted by Crippen LogP contribution is -2.12. The molecule has 2 aromatic heterocycles. The van der Waals surface area contributed by atoms with Gasteiger partial charge in [0.2, 0.25) is 0 Å². The van der Waals surface area contributed by atoms with Crippen LogP contribution in [-0.4, -0.2) is 32.2 Å². The highest BCUT2D eigenvalue weighted by Crippen LogP contribution is 2.18. The molecule has 0 unspecified atom stereocenters. The van der Waals surface area contributed by atoms with Crippen molar-refractivity contribution < 1.29 is 9.53 Å². The molecular weight excluding hydrogens is 232 g/mol. The van der Waals surface area contributed by atoms with E-state index in [1.54, 1.807) is 13.8 Å². The van der Waals surface area contributed by atoms with E-state index in [1.165, 1.54) is 10.8 Å². The molecule has 0 fully saturated rings. The van der Waals surface area contributed by atoms with Gasteiger partial charge in [0.05, 0.1) is 6.61 Å². The van der Waals surface area contributed by atoms with Gasteiger partial charge in [0.15, 0.2) is 5.69 Å². The van der Waals surface area contributed by atoms with Crippen LogP contribution in [0, 0.1) is 6.92 Å². The molecule has 0 saturated carbocycles. The lowest BCUT2D eigenvalue weighted by Gasteiger charge is -2.06. The zero-order valence-electron chi connectivity index (χ0n) is 8.77. The molecule has 0 aliphatic rings. The van der Waals surface area contributed by atoms with Crippen molar-refractivity contribution in [3.8, 4) is 0 Å². The lowest BCUT2D eigenvalue weighted by molar-refractivity contribution is 0.0518. The van der Waals surface area contributed by atoms with Gasteiger partial charge in [0, 0.05) is 5.56 Å². The van der Waals surface area contributed by atoms with E-state index in [0.717, 1.165) is 0 Å². The monoisotopic (exact) mass is 240 g/mol. The van der Waals surface area contributed by atoms with E-state index in [1.807, 2.05) is 0 Å². The zero-order chi connectivity index (χ0) is 11.7. The van der Waals surface area contributed by atoms with Crippen molar-refractivity contribution >= 4 is 23.3 Å². The molecule has 0 amide bonds. The molecule has 0 atom stereocenters. The van der Waals surface area contributed by atoms with Crippen LogP contribution in [0.5, 0.6) is 0 Å². The number of hydrogen-bond acceptors (Lipinski definition) is 5. The molecule has 0 saturated heterocycles.